The SMILES string of the molecule is COc1cc(/C=C(\C)C(=O)CC(=O)/C(C)=C/c2ccc(OCCN(C(=O)O)C(C)(C)C)c(OC)c2)ccc1OCCNC(=O)OC(C)(C)C. The maximum atomic E-state index is 13.0. The molecule has 2 rings (SSSR count). The average Bonchev–Trinajstić information content (AvgIpc) is 3.00. The standard InChI is InChI=1S/C37H50N2O10/c1-24(19-26-11-13-30(32(21-26)45-9)47-17-15-38-34(42)49-37(6,7)8)28(40)23-29(41)25(2)20-27-12-14-31(33(22-27)46-10)48-18-16-39(35(43)44)36(3,4)5/h11-14,19-22H,15-18,23H2,1-10H3,(H,38,42)(H,43,44)/b24-19+,25-20+. The molecule has 0 aliphatic heterocycles. The number of nitrogens with one attached hydrogen (secondary N) is 1. The fourth-order valence-electron chi connectivity index (χ4n) is 4.47. The van der Waals surface area contributed by atoms with Gasteiger partial charge in [0.15, 0.2) is 34.6 Å². The molecule has 0 heterocycles. The minimum Gasteiger partial charge on any atom is -0.493 e. The molecular formula is C37H50N2O10. The second-order valence-electron chi connectivity index (χ2n) is 13.2. The molecule has 0 atom stereocenters. The molecule has 2 N–H and O–H groups in total. The Labute approximate surface area is 289 Å². The van der Waals surface area contributed by atoms with Gasteiger partial charge in [-0.15, -0.1) is 0 Å². The topological polar surface area (TPSA) is 150 Å². The second-order valence-corrected chi connectivity index (χ2v) is 13.2. The Morgan fingerprint density at radius 2 is 1.22 bits per heavy atom. The molecule has 0 aromatic heterocycles. The van der Waals surface area contributed by atoms with Crippen molar-refractivity contribution in [3.63, 3.8) is 0 Å². The first kappa shape index (κ1) is 40.2. The van der Waals surface area contributed by atoms with E-state index in [1.807, 2.05) is 20.8 Å². The van der Waals surface area contributed by atoms with Crippen molar-refractivity contribution in [2.75, 3.05) is 40.5 Å². The number of rotatable bonds is 16. The molecule has 0 aliphatic rings. The number of Topliss-reactive ketones (excluding diaryl/α,β-unsaturated/α-hetero) is 2. The van der Waals surface area contributed by atoms with Crippen LogP contribution in [0, 0.1) is 0 Å². The molecule has 0 radical (unpaired) electrons. The first-order valence-electron chi connectivity index (χ1n) is 15.9. The van der Waals surface area contributed by atoms with E-state index in [2.05, 4.69) is 5.32 Å². The molecule has 2 aromatic rings. The fraction of sp³-hybridized carbons (Fsp3) is 0.459. The normalized spacial score (nSPS) is 12.1. The molecule has 0 fully saturated rings. The lowest BCUT2D eigenvalue weighted by Gasteiger charge is -2.33. The lowest BCUT2D eigenvalue weighted by Crippen LogP contribution is -2.46. The number of hydrogen-bond donors (Lipinski definition) is 2. The molecule has 12 heteroatoms. The van der Waals surface area contributed by atoms with E-state index in [4.69, 9.17) is 23.7 Å². The zero-order valence-corrected chi connectivity index (χ0v) is 30.2. The van der Waals surface area contributed by atoms with Crippen LogP contribution >= 0.6 is 0 Å². The van der Waals surface area contributed by atoms with Gasteiger partial charge in [-0.2, -0.15) is 0 Å². The number of hydrogen-bond acceptors (Lipinski definition) is 9. The number of benzene rings is 2. The summed E-state index contributed by atoms with van der Waals surface area (Å²) in [6.07, 6.45) is 1.47. The van der Waals surface area contributed by atoms with E-state index in [9.17, 15) is 24.3 Å². The largest absolute Gasteiger partial charge is 0.493 e. The number of nitrogens with zero attached hydrogens (tertiary/aromatic N) is 1. The van der Waals surface area contributed by atoms with Gasteiger partial charge in [0.05, 0.1) is 33.7 Å². The number of ether oxygens (including phenoxy) is 5. The molecule has 2 amide bonds. The van der Waals surface area contributed by atoms with Crippen molar-refractivity contribution in [1.29, 1.82) is 0 Å². The van der Waals surface area contributed by atoms with Crippen molar-refractivity contribution in [1.82, 2.24) is 10.2 Å². The van der Waals surface area contributed by atoms with Gasteiger partial charge in [0.1, 0.15) is 18.8 Å². The highest BCUT2D eigenvalue weighted by Gasteiger charge is 2.26. The second kappa shape index (κ2) is 18.0. The van der Waals surface area contributed by atoms with E-state index in [0.29, 0.717) is 45.3 Å². The van der Waals surface area contributed by atoms with Crippen molar-refractivity contribution < 1.29 is 48.0 Å². The van der Waals surface area contributed by atoms with Crippen molar-refractivity contribution >= 4 is 35.9 Å². The van der Waals surface area contributed by atoms with Crippen LogP contribution in [0.15, 0.2) is 47.5 Å². The number of amides is 2. The Balaban J connectivity index is 2.01. The van der Waals surface area contributed by atoms with Gasteiger partial charge in [-0.05, 0) is 114 Å². The maximum absolute atomic E-state index is 13.0. The number of allylic oxidation sites excluding steroid dienone is 2. The fourth-order valence-corrected chi connectivity index (χ4v) is 4.47. The van der Waals surface area contributed by atoms with Crippen molar-refractivity contribution in [3.05, 3.63) is 58.7 Å². The van der Waals surface area contributed by atoms with Gasteiger partial charge in [0.2, 0.25) is 0 Å². The highest BCUT2D eigenvalue weighted by atomic mass is 16.6. The van der Waals surface area contributed by atoms with Gasteiger partial charge in [-0.25, -0.2) is 9.59 Å². The lowest BCUT2D eigenvalue weighted by atomic mass is 10.00. The number of ketones is 2. The van der Waals surface area contributed by atoms with Crippen LogP contribution in [0.25, 0.3) is 12.2 Å². The third-order valence-electron chi connectivity index (χ3n) is 6.98. The van der Waals surface area contributed by atoms with Crippen molar-refractivity contribution in [2.45, 2.75) is 73.0 Å². The van der Waals surface area contributed by atoms with Crippen LogP contribution < -0.4 is 24.3 Å². The summed E-state index contributed by atoms with van der Waals surface area (Å²) < 4.78 is 27.6. The molecule has 268 valence electrons. The van der Waals surface area contributed by atoms with E-state index in [0.717, 1.165) is 0 Å². The molecule has 0 bridgehead atoms. The van der Waals surface area contributed by atoms with E-state index < -0.39 is 23.3 Å². The van der Waals surface area contributed by atoms with Gasteiger partial charge in [-0.1, -0.05) is 12.1 Å². The molecule has 0 saturated heterocycles. The summed E-state index contributed by atoms with van der Waals surface area (Å²) in [5, 5.41) is 12.1. The van der Waals surface area contributed by atoms with E-state index in [1.165, 1.54) is 19.1 Å². The summed E-state index contributed by atoms with van der Waals surface area (Å²) in [7, 11) is 2.99. The maximum Gasteiger partial charge on any atom is 0.407 e. The van der Waals surface area contributed by atoms with Gasteiger partial charge in [-0.3, -0.25) is 9.59 Å². The number of methoxy groups -OCH3 is 2. The smallest absolute Gasteiger partial charge is 0.407 e. The highest BCUT2D eigenvalue weighted by molar-refractivity contribution is 6.15. The van der Waals surface area contributed by atoms with E-state index >= 15 is 0 Å². The minimum absolute atomic E-state index is 0.126. The van der Waals surface area contributed by atoms with E-state index in [1.54, 1.807) is 83.2 Å². The van der Waals surface area contributed by atoms with Gasteiger partial charge in [0.25, 0.3) is 0 Å². The van der Waals surface area contributed by atoms with Crippen LogP contribution in [0.4, 0.5) is 9.59 Å². The predicted octanol–water partition coefficient (Wildman–Crippen LogP) is 6.80. The monoisotopic (exact) mass is 682 g/mol. The molecule has 0 spiro atoms. The summed E-state index contributed by atoms with van der Waals surface area (Å²) in [6, 6.07) is 10.3. The Morgan fingerprint density at radius 1 is 0.755 bits per heavy atom. The minimum atomic E-state index is -1.03. The quantitative estimate of drug-likeness (QED) is 0.110. The summed E-state index contributed by atoms with van der Waals surface area (Å²) in [5.74, 6) is 1.12. The molecular weight excluding hydrogens is 632 g/mol. The summed E-state index contributed by atoms with van der Waals surface area (Å²) in [4.78, 5) is 50.6. The lowest BCUT2D eigenvalue weighted by molar-refractivity contribution is -0.122. The summed E-state index contributed by atoms with van der Waals surface area (Å²) >= 11 is 0. The van der Waals surface area contributed by atoms with Crippen LogP contribution in [0.3, 0.4) is 0 Å². The van der Waals surface area contributed by atoms with Crippen molar-refractivity contribution in [3.8, 4) is 23.0 Å². The van der Waals surface area contributed by atoms with E-state index in [-0.39, 0.29) is 44.3 Å². The van der Waals surface area contributed by atoms with Crippen LogP contribution in [0.2, 0.25) is 0 Å². The van der Waals surface area contributed by atoms with Crippen LogP contribution in [-0.4, -0.2) is 85.4 Å². The van der Waals surface area contributed by atoms with Crippen molar-refractivity contribution in [2.24, 2.45) is 0 Å². The third kappa shape index (κ3) is 13.6. The van der Waals surface area contributed by atoms with Crippen LogP contribution in [0.1, 0.15) is 72.9 Å². The molecule has 2 aromatic carbocycles. The Kier molecular flexibility index (Phi) is 14.7. The van der Waals surface area contributed by atoms with Gasteiger partial charge >= 0.3 is 12.2 Å². The Bertz CT molecular complexity index is 1550. The Morgan fingerprint density at radius 3 is 1.63 bits per heavy atom. The summed E-state index contributed by atoms with van der Waals surface area (Å²) in [5.41, 5.74) is 0.977. The zero-order chi connectivity index (χ0) is 36.9. The number of carbonyl (C=O) groups excluding carboxylic acids is 3. The first-order valence-corrected chi connectivity index (χ1v) is 15.9. The summed E-state index contributed by atoms with van der Waals surface area (Å²) in [6.45, 7) is 14.8. The average molecular weight is 683 g/mol. The molecule has 12 nitrogen and oxygen atoms in total. The molecule has 0 saturated carbocycles. The Hall–Kier alpha value is -5.00. The highest BCUT2D eigenvalue weighted by Crippen LogP contribution is 2.30. The van der Waals surface area contributed by atoms with Crippen LogP contribution in [0.5, 0.6) is 23.0 Å². The number of carbonyl (C=O) groups is 4. The molecule has 49 heavy (non-hydrogen) atoms. The van der Waals surface area contributed by atoms with Gasteiger partial charge < -0.3 is 39.0 Å². The predicted molar refractivity (Wildman–Crippen MR) is 188 cm³/mol. The third-order valence-corrected chi connectivity index (χ3v) is 6.98. The zero-order valence-electron chi connectivity index (χ0n) is 30.2. The molecule has 0 aliphatic carbocycles. The van der Waals surface area contributed by atoms with Crippen LogP contribution in [-0.2, 0) is 14.3 Å². The number of carboxylic acid groups (broad SMARTS) is 1. The first-order chi connectivity index (χ1) is 22.8. The van der Waals surface area contributed by atoms with Gasteiger partial charge in [0, 0.05) is 5.54 Å². The number of alkyl carbamates (subject to hydrolysis) is 1. The molecule has 0 unspecified atom stereocenters.